The van der Waals surface area contributed by atoms with E-state index in [1.54, 1.807) is 13.8 Å². The summed E-state index contributed by atoms with van der Waals surface area (Å²) < 4.78 is 5.27. The lowest BCUT2D eigenvalue weighted by atomic mass is 9.92. The molecule has 0 aromatic heterocycles. The van der Waals surface area contributed by atoms with Gasteiger partial charge in [-0.3, -0.25) is 14.9 Å². The highest BCUT2D eigenvalue weighted by atomic mass is 16.5. The number of nitrogens with one attached hydrogen (secondary N) is 2. The van der Waals surface area contributed by atoms with Crippen molar-refractivity contribution in [3.63, 3.8) is 0 Å². The molecule has 1 unspecified atom stereocenters. The summed E-state index contributed by atoms with van der Waals surface area (Å²) in [6.45, 7) is 3.80. The number of ether oxygens (including phenoxy) is 1. The molecule has 0 spiro atoms. The van der Waals surface area contributed by atoms with Crippen molar-refractivity contribution in [3.05, 3.63) is 90.5 Å². The number of hydrogen-bond donors (Lipinski definition) is 2. The van der Waals surface area contributed by atoms with Crippen LogP contribution in [0.2, 0.25) is 0 Å². The fraction of sp³-hybridized carbons (Fsp3) is 0.231. The van der Waals surface area contributed by atoms with Crippen LogP contribution in [-0.2, 0) is 20.7 Å². The molecule has 0 aliphatic rings. The van der Waals surface area contributed by atoms with Gasteiger partial charge < -0.3 is 10.1 Å². The molecule has 1 atom stereocenters. The smallest absolute Gasteiger partial charge is 0.326 e. The molecular formula is C26H28N2O3. The lowest BCUT2D eigenvalue weighted by Gasteiger charge is -2.28. The maximum absolute atomic E-state index is 12.7. The van der Waals surface area contributed by atoms with Crippen LogP contribution in [0.5, 0.6) is 0 Å². The second-order valence-electron chi connectivity index (χ2n) is 7.53. The zero-order valence-corrected chi connectivity index (χ0v) is 17.9. The first-order chi connectivity index (χ1) is 15.0. The van der Waals surface area contributed by atoms with E-state index in [9.17, 15) is 9.59 Å². The lowest BCUT2D eigenvalue weighted by molar-refractivity contribution is -0.150. The molecular weight excluding hydrogens is 388 g/mol. The summed E-state index contributed by atoms with van der Waals surface area (Å²) >= 11 is 0. The van der Waals surface area contributed by atoms with Crippen LogP contribution in [0.3, 0.4) is 0 Å². The molecule has 0 fully saturated rings. The number of carbonyl (C=O) groups is 2. The quantitative estimate of drug-likeness (QED) is 0.506. The van der Waals surface area contributed by atoms with E-state index in [4.69, 9.17) is 4.74 Å². The van der Waals surface area contributed by atoms with Crippen LogP contribution in [0.25, 0.3) is 11.1 Å². The molecule has 0 aliphatic heterocycles. The van der Waals surface area contributed by atoms with Gasteiger partial charge in [0.2, 0.25) is 5.91 Å². The first kappa shape index (κ1) is 22.2. The minimum Gasteiger partial charge on any atom is -0.465 e. The number of carbonyl (C=O) groups excluding carboxylic acids is 2. The summed E-state index contributed by atoms with van der Waals surface area (Å²) in [5.74, 6) is -0.608. The van der Waals surface area contributed by atoms with Gasteiger partial charge in [-0.15, -0.1) is 0 Å². The van der Waals surface area contributed by atoms with Crippen molar-refractivity contribution in [1.29, 1.82) is 0 Å². The van der Waals surface area contributed by atoms with Gasteiger partial charge in [-0.05, 0) is 31.0 Å². The molecule has 160 valence electrons. The van der Waals surface area contributed by atoms with E-state index < -0.39 is 5.54 Å². The van der Waals surface area contributed by atoms with E-state index in [-0.39, 0.29) is 25.0 Å². The van der Waals surface area contributed by atoms with E-state index in [2.05, 4.69) is 10.6 Å². The first-order valence-electron chi connectivity index (χ1n) is 10.4. The molecule has 0 heterocycles. The molecule has 3 rings (SSSR count). The largest absolute Gasteiger partial charge is 0.465 e. The van der Waals surface area contributed by atoms with Crippen molar-refractivity contribution in [1.82, 2.24) is 5.32 Å². The van der Waals surface area contributed by atoms with Gasteiger partial charge in [0.25, 0.3) is 0 Å². The summed E-state index contributed by atoms with van der Waals surface area (Å²) in [5.41, 5.74) is 2.65. The predicted molar refractivity (Wildman–Crippen MR) is 124 cm³/mol. The number of anilines is 1. The summed E-state index contributed by atoms with van der Waals surface area (Å²) in [7, 11) is 0. The van der Waals surface area contributed by atoms with Gasteiger partial charge in [-0.2, -0.15) is 0 Å². The Balaban J connectivity index is 1.71. The standard InChI is InChI=1S/C26H28N2O3/c1-3-31-25(30)26(2,18-20-12-6-4-7-13-20)27-19-24(29)28-23-17-11-10-16-22(23)21-14-8-5-9-15-21/h4-17,27H,3,18-19H2,1-2H3,(H,28,29). The third-order valence-electron chi connectivity index (χ3n) is 5.05. The minimum absolute atomic E-state index is 0.0225. The Kier molecular flexibility index (Phi) is 7.57. The van der Waals surface area contributed by atoms with E-state index in [1.165, 1.54) is 0 Å². The second-order valence-corrected chi connectivity index (χ2v) is 7.53. The molecule has 0 aliphatic carbocycles. The normalized spacial score (nSPS) is 12.6. The van der Waals surface area contributed by atoms with Crippen LogP contribution in [-0.4, -0.2) is 30.6 Å². The molecule has 5 heteroatoms. The number of esters is 1. The van der Waals surface area contributed by atoms with Crippen molar-refractivity contribution in [3.8, 4) is 11.1 Å². The molecule has 0 radical (unpaired) electrons. The first-order valence-corrected chi connectivity index (χ1v) is 10.4. The fourth-order valence-electron chi connectivity index (χ4n) is 3.43. The van der Waals surface area contributed by atoms with Crippen LogP contribution in [0.1, 0.15) is 19.4 Å². The average Bonchev–Trinajstić information content (AvgIpc) is 2.79. The molecule has 3 aromatic rings. The molecule has 0 bridgehead atoms. The summed E-state index contributed by atoms with van der Waals surface area (Å²) in [5, 5.41) is 6.08. The van der Waals surface area contributed by atoms with Crippen molar-refractivity contribution >= 4 is 17.6 Å². The molecule has 0 saturated heterocycles. The van der Waals surface area contributed by atoms with Crippen molar-refractivity contribution in [2.45, 2.75) is 25.8 Å². The highest BCUT2D eigenvalue weighted by molar-refractivity contribution is 5.97. The Morgan fingerprint density at radius 2 is 1.48 bits per heavy atom. The zero-order chi connectivity index (χ0) is 22.1. The van der Waals surface area contributed by atoms with Crippen LogP contribution in [0.4, 0.5) is 5.69 Å². The Bertz CT molecular complexity index is 1010. The Hall–Kier alpha value is -3.44. The van der Waals surface area contributed by atoms with Gasteiger partial charge in [-0.25, -0.2) is 0 Å². The van der Waals surface area contributed by atoms with Crippen LogP contribution in [0, 0.1) is 0 Å². The molecule has 5 nitrogen and oxygen atoms in total. The van der Waals surface area contributed by atoms with Crippen molar-refractivity contribution < 1.29 is 14.3 Å². The number of para-hydroxylation sites is 1. The topological polar surface area (TPSA) is 67.4 Å². The third kappa shape index (κ3) is 6.03. The van der Waals surface area contributed by atoms with Crippen LogP contribution < -0.4 is 10.6 Å². The van der Waals surface area contributed by atoms with E-state index in [1.807, 2.05) is 84.9 Å². The summed E-state index contributed by atoms with van der Waals surface area (Å²) in [4.78, 5) is 25.4. The van der Waals surface area contributed by atoms with Gasteiger partial charge >= 0.3 is 5.97 Å². The van der Waals surface area contributed by atoms with Crippen LogP contribution >= 0.6 is 0 Å². The van der Waals surface area contributed by atoms with Crippen LogP contribution in [0.15, 0.2) is 84.9 Å². The third-order valence-corrected chi connectivity index (χ3v) is 5.05. The van der Waals surface area contributed by atoms with Gasteiger partial charge in [0.1, 0.15) is 5.54 Å². The molecule has 31 heavy (non-hydrogen) atoms. The summed E-state index contributed by atoms with van der Waals surface area (Å²) in [6.07, 6.45) is 0.417. The Labute approximate surface area is 183 Å². The highest BCUT2D eigenvalue weighted by Crippen LogP contribution is 2.27. The van der Waals surface area contributed by atoms with Crippen molar-refractivity contribution in [2.75, 3.05) is 18.5 Å². The second kappa shape index (κ2) is 10.5. The number of rotatable bonds is 9. The van der Waals surface area contributed by atoms with Gasteiger partial charge in [-0.1, -0.05) is 78.9 Å². The Morgan fingerprint density at radius 1 is 0.871 bits per heavy atom. The monoisotopic (exact) mass is 416 g/mol. The van der Waals surface area contributed by atoms with Gasteiger partial charge in [0, 0.05) is 17.7 Å². The average molecular weight is 417 g/mol. The number of amides is 1. The van der Waals surface area contributed by atoms with E-state index in [0.29, 0.717) is 6.42 Å². The number of benzene rings is 3. The maximum atomic E-state index is 12.7. The predicted octanol–water partition coefficient (Wildman–Crippen LogP) is 4.45. The van der Waals surface area contributed by atoms with Crippen molar-refractivity contribution in [2.24, 2.45) is 0 Å². The lowest BCUT2D eigenvalue weighted by Crippen LogP contribution is -2.54. The van der Waals surface area contributed by atoms with Gasteiger partial charge in [0.05, 0.1) is 13.2 Å². The number of hydrogen-bond acceptors (Lipinski definition) is 4. The van der Waals surface area contributed by atoms with E-state index in [0.717, 1.165) is 22.4 Å². The molecule has 3 aromatic carbocycles. The molecule has 0 saturated carbocycles. The zero-order valence-electron chi connectivity index (χ0n) is 17.9. The Morgan fingerprint density at radius 3 is 2.16 bits per heavy atom. The highest BCUT2D eigenvalue weighted by Gasteiger charge is 2.35. The summed E-state index contributed by atoms with van der Waals surface area (Å²) in [6, 6.07) is 27.2. The SMILES string of the molecule is CCOC(=O)C(C)(Cc1ccccc1)NCC(=O)Nc1ccccc1-c1ccccc1. The minimum atomic E-state index is -1.02. The molecule has 1 amide bonds. The fourth-order valence-corrected chi connectivity index (χ4v) is 3.43. The van der Waals surface area contributed by atoms with Gasteiger partial charge in [0.15, 0.2) is 0 Å². The molecule has 2 N–H and O–H groups in total. The van der Waals surface area contributed by atoms with E-state index >= 15 is 0 Å². The maximum Gasteiger partial charge on any atom is 0.326 e.